The van der Waals surface area contributed by atoms with Crippen LogP contribution in [0.15, 0.2) is 12.2 Å². The molecule has 0 bridgehead atoms. The van der Waals surface area contributed by atoms with E-state index in [1.807, 2.05) is 0 Å². The van der Waals surface area contributed by atoms with E-state index in [-0.39, 0.29) is 0 Å². The van der Waals surface area contributed by atoms with E-state index in [0.717, 1.165) is 0 Å². The van der Waals surface area contributed by atoms with Gasteiger partial charge in [0.25, 0.3) is 0 Å². The highest BCUT2D eigenvalue weighted by Crippen LogP contribution is 2.15. The molecule has 0 aliphatic rings. The van der Waals surface area contributed by atoms with Crippen molar-refractivity contribution in [3.8, 4) is 0 Å². The molecule has 0 amide bonds. The Morgan fingerprint density at radius 1 is 0.375 bits per heavy atom. The number of allylic oxidation sites excluding steroid dienone is 1. The van der Waals surface area contributed by atoms with E-state index >= 15 is 0 Å². The first-order chi connectivity index (χ1) is 15.8. The van der Waals surface area contributed by atoms with Gasteiger partial charge < -0.3 is 4.90 Å². The van der Waals surface area contributed by atoms with E-state index in [1.54, 1.807) is 0 Å². The van der Waals surface area contributed by atoms with Crippen LogP contribution >= 0.6 is 0 Å². The smallest absolute Gasteiger partial charge is 0.000980 e. The molecule has 192 valence electrons. The van der Waals surface area contributed by atoms with E-state index in [2.05, 4.69) is 38.1 Å². The standard InChI is InChI=1S/C31H63N/c1-4-5-6-7-8-9-10-11-12-13-14-15-16-17-18-19-20-21-22-23-24-25-26-27-28-29-30-31-32(2)3/h28-29H,4-27,30-31H2,1-3H3. The van der Waals surface area contributed by atoms with Gasteiger partial charge in [0.15, 0.2) is 0 Å². The van der Waals surface area contributed by atoms with Crippen LogP contribution in [0.5, 0.6) is 0 Å². The number of hydrogen-bond acceptors (Lipinski definition) is 1. The average Bonchev–Trinajstić information content (AvgIpc) is 2.78. The zero-order valence-corrected chi connectivity index (χ0v) is 23.0. The molecular formula is C31H63N. The molecule has 0 heterocycles. The van der Waals surface area contributed by atoms with E-state index in [9.17, 15) is 0 Å². The molecule has 1 nitrogen and oxygen atoms in total. The second-order valence-corrected chi connectivity index (χ2v) is 10.6. The van der Waals surface area contributed by atoms with Gasteiger partial charge in [0.2, 0.25) is 0 Å². The summed E-state index contributed by atoms with van der Waals surface area (Å²) in [5.74, 6) is 0. The van der Waals surface area contributed by atoms with Crippen LogP contribution in [-0.2, 0) is 0 Å². The molecule has 0 rings (SSSR count). The first-order valence-corrected chi connectivity index (χ1v) is 15.1. The molecule has 0 aromatic rings. The molecule has 0 aromatic carbocycles. The molecular weight excluding hydrogens is 386 g/mol. The van der Waals surface area contributed by atoms with Gasteiger partial charge in [-0.1, -0.05) is 160 Å². The number of hydrogen-bond donors (Lipinski definition) is 0. The van der Waals surface area contributed by atoms with Crippen LogP contribution in [-0.4, -0.2) is 25.5 Å². The van der Waals surface area contributed by atoms with Crippen molar-refractivity contribution in [2.24, 2.45) is 0 Å². The minimum absolute atomic E-state index is 1.18. The fraction of sp³-hybridized carbons (Fsp3) is 0.935. The number of rotatable bonds is 27. The van der Waals surface area contributed by atoms with Crippen molar-refractivity contribution >= 4 is 0 Å². The maximum absolute atomic E-state index is 2.39. The van der Waals surface area contributed by atoms with Gasteiger partial charge in [-0.15, -0.1) is 0 Å². The molecule has 0 aliphatic heterocycles. The Balaban J connectivity index is 3.04. The summed E-state index contributed by atoms with van der Waals surface area (Å²) in [4.78, 5) is 2.25. The van der Waals surface area contributed by atoms with Crippen LogP contribution in [0.1, 0.15) is 167 Å². The molecule has 0 saturated carbocycles. The van der Waals surface area contributed by atoms with E-state index in [1.165, 1.54) is 167 Å². The predicted octanol–water partition coefficient (Wildman–Crippen LogP) is 10.9. The van der Waals surface area contributed by atoms with E-state index in [4.69, 9.17) is 0 Å². The Bertz CT molecular complexity index is 346. The van der Waals surface area contributed by atoms with Crippen LogP contribution in [0.4, 0.5) is 0 Å². The van der Waals surface area contributed by atoms with Gasteiger partial charge in [-0.2, -0.15) is 0 Å². The van der Waals surface area contributed by atoms with Crippen molar-refractivity contribution < 1.29 is 0 Å². The van der Waals surface area contributed by atoms with Gasteiger partial charge >= 0.3 is 0 Å². The Morgan fingerprint density at radius 3 is 0.969 bits per heavy atom. The molecule has 0 N–H and O–H groups in total. The Kier molecular flexibility index (Phi) is 28.5. The first-order valence-electron chi connectivity index (χ1n) is 15.1. The maximum atomic E-state index is 2.39. The van der Waals surface area contributed by atoms with Crippen molar-refractivity contribution in [2.75, 3.05) is 20.6 Å². The molecule has 0 radical (unpaired) electrons. The minimum Gasteiger partial charge on any atom is -0.309 e. The maximum Gasteiger partial charge on any atom is 0.000980 e. The fourth-order valence-corrected chi connectivity index (χ4v) is 4.62. The summed E-state index contributed by atoms with van der Waals surface area (Å²) in [6.07, 6.45) is 41.0. The van der Waals surface area contributed by atoms with E-state index < -0.39 is 0 Å². The summed E-state index contributed by atoms with van der Waals surface area (Å²) in [6, 6.07) is 0. The van der Waals surface area contributed by atoms with Crippen molar-refractivity contribution in [1.82, 2.24) is 4.90 Å². The van der Waals surface area contributed by atoms with Crippen LogP contribution in [0.2, 0.25) is 0 Å². The van der Waals surface area contributed by atoms with Crippen molar-refractivity contribution in [3.05, 3.63) is 12.2 Å². The van der Waals surface area contributed by atoms with Crippen molar-refractivity contribution in [1.29, 1.82) is 0 Å². The molecule has 0 atom stereocenters. The van der Waals surface area contributed by atoms with Gasteiger partial charge in [0.1, 0.15) is 0 Å². The van der Waals surface area contributed by atoms with Gasteiger partial charge in [-0.25, -0.2) is 0 Å². The molecule has 0 saturated heterocycles. The lowest BCUT2D eigenvalue weighted by Gasteiger charge is -2.05. The Morgan fingerprint density at radius 2 is 0.656 bits per heavy atom. The predicted molar refractivity (Wildman–Crippen MR) is 149 cm³/mol. The molecule has 0 aromatic heterocycles. The lowest BCUT2D eigenvalue weighted by molar-refractivity contribution is 0.417. The second kappa shape index (κ2) is 28.7. The molecule has 0 fully saturated rings. The Hall–Kier alpha value is -0.300. The normalized spacial score (nSPS) is 11.9. The van der Waals surface area contributed by atoms with Crippen LogP contribution in [0, 0.1) is 0 Å². The van der Waals surface area contributed by atoms with Gasteiger partial charge in [-0.05, 0) is 33.4 Å². The van der Waals surface area contributed by atoms with Crippen LogP contribution in [0.3, 0.4) is 0 Å². The quantitative estimate of drug-likeness (QED) is 0.0889. The SMILES string of the molecule is CCCCCCCCCCCCCCCCCCCCCCCCCC=CCCN(C)C. The zero-order chi connectivity index (χ0) is 23.4. The fourth-order valence-electron chi connectivity index (χ4n) is 4.62. The van der Waals surface area contributed by atoms with Crippen LogP contribution < -0.4 is 0 Å². The van der Waals surface area contributed by atoms with Gasteiger partial charge in [0, 0.05) is 6.54 Å². The summed E-state index contributed by atoms with van der Waals surface area (Å²) in [5, 5.41) is 0. The summed E-state index contributed by atoms with van der Waals surface area (Å²) in [7, 11) is 4.29. The highest BCUT2D eigenvalue weighted by molar-refractivity contribution is 4.81. The molecule has 0 spiro atoms. The minimum atomic E-state index is 1.18. The number of unbranched alkanes of at least 4 members (excludes halogenated alkanes) is 23. The third-order valence-electron chi connectivity index (χ3n) is 6.88. The van der Waals surface area contributed by atoms with E-state index in [0.29, 0.717) is 0 Å². The largest absolute Gasteiger partial charge is 0.309 e. The van der Waals surface area contributed by atoms with Crippen LogP contribution in [0.25, 0.3) is 0 Å². The third kappa shape index (κ3) is 29.7. The number of nitrogens with zero attached hydrogens (tertiary/aromatic N) is 1. The molecule has 32 heavy (non-hydrogen) atoms. The van der Waals surface area contributed by atoms with Crippen molar-refractivity contribution in [3.63, 3.8) is 0 Å². The topological polar surface area (TPSA) is 3.24 Å². The molecule has 1 heteroatoms. The summed E-state index contributed by atoms with van der Waals surface area (Å²) < 4.78 is 0. The first kappa shape index (κ1) is 31.7. The molecule has 0 aliphatic carbocycles. The van der Waals surface area contributed by atoms with Gasteiger partial charge in [0.05, 0.1) is 0 Å². The zero-order valence-electron chi connectivity index (χ0n) is 23.0. The van der Waals surface area contributed by atoms with Gasteiger partial charge in [-0.3, -0.25) is 0 Å². The van der Waals surface area contributed by atoms with Crippen molar-refractivity contribution in [2.45, 2.75) is 167 Å². The monoisotopic (exact) mass is 449 g/mol. The lowest BCUT2D eigenvalue weighted by atomic mass is 10.0. The lowest BCUT2D eigenvalue weighted by Crippen LogP contribution is -2.11. The molecule has 0 unspecified atom stereocenters. The Labute approximate surface area is 205 Å². The summed E-state index contributed by atoms with van der Waals surface area (Å²) >= 11 is 0. The highest BCUT2D eigenvalue weighted by Gasteiger charge is 1.96. The third-order valence-corrected chi connectivity index (χ3v) is 6.88. The second-order valence-electron chi connectivity index (χ2n) is 10.6. The highest BCUT2D eigenvalue weighted by atomic mass is 15.0. The summed E-state index contributed by atoms with van der Waals surface area (Å²) in [5.41, 5.74) is 0. The average molecular weight is 450 g/mol. The summed E-state index contributed by atoms with van der Waals surface area (Å²) in [6.45, 7) is 3.48.